The zero-order valence-corrected chi connectivity index (χ0v) is 12.7. The van der Waals surface area contributed by atoms with Gasteiger partial charge in [0.2, 0.25) is 5.91 Å². The molecule has 1 heterocycles. The molecule has 6 nitrogen and oxygen atoms in total. The van der Waals surface area contributed by atoms with Crippen LogP contribution in [-0.4, -0.2) is 55.6 Å². The van der Waals surface area contributed by atoms with Gasteiger partial charge in [0.15, 0.2) is 0 Å². The molecule has 3 amide bonds. The first-order chi connectivity index (χ1) is 8.47. The van der Waals surface area contributed by atoms with Crippen LogP contribution in [0.1, 0.15) is 20.8 Å². The number of hydrogen-bond donors (Lipinski definition) is 3. The van der Waals surface area contributed by atoms with E-state index in [0.717, 1.165) is 19.6 Å². The molecule has 3 N–H and O–H groups in total. The Morgan fingerprint density at radius 1 is 1.42 bits per heavy atom. The smallest absolute Gasteiger partial charge is 0.321 e. The van der Waals surface area contributed by atoms with Crippen molar-refractivity contribution in [1.29, 1.82) is 0 Å². The van der Waals surface area contributed by atoms with E-state index in [0.29, 0.717) is 18.5 Å². The lowest BCUT2D eigenvalue weighted by atomic mass is 10.2. The van der Waals surface area contributed by atoms with E-state index in [1.165, 1.54) is 0 Å². The maximum absolute atomic E-state index is 11.6. The molecule has 0 bridgehead atoms. The standard InChI is InChI=1S/C12H24N4O2.ClH/c1-9(2)6-14-12(18)15-11(17)8-16-5-4-13-10(3)7-16;/h9-10,13H,4-8H2,1-3H3,(H2,14,15,17,18);1H. The lowest BCUT2D eigenvalue weighted by Gasteiger charge is -2.31. The molecule has 0 aromatic carbocycles. The molecule has 0 radical (unpaired) electrons. The minimum Gasteiger partial charge on any atom is -0.338 e. The zero-order chi connectivity index (χ0) is 13.5. The molecule has 1 saturated heterocycles. The zero-order valence-electron chi connectivity index (χ0n) is 11.9. The van der Waals surface area contributed by atoms with Gasteiger partial charge in [0.1, 0.15) is 0 Å². The molecule has 0 saturated carbocycles. The fourth-order valence-electron chi connectivity index (χ4n) is 1.87. The average Bonchev–Trinajstić information content (AvgIpc) is 2.26. The van der Waals surface area contributed by atoms with E-state index in [2.05, 4.69) is 22.9 Å². The van der Waals surface area contributed by atoms with Crippen LogP contribution >= 0.6 is 12.4 Å². The van der Waals surface area contributed by atoms with Gasteiger partial charge in [-0.2, -0.15) is 0 Å². The Kier molecular flexibility index (Phi) is 8.71. The van der Waals surface area contributed by atoms with Gasteiger partial charge in [-0.15, -0.1) is 12.4 Å². The van der Waals surface area contributed by atoms with E-state index in [9.17, 15) is 9.59 Å². The highest BCUT2D eigenvalue weighted by atomic mass is 35.5. The quantitative estimate of drug-likeness (QED) is 0.691. The monoisotopic (exact) mass is 292 g/mol. The maximum Gasteiger partial charge on any atom is 0.321 e. The number of carbonyl (C=O) groups excluding carboxylic acids is 2. The molecule has 1 aliphatic rings. The van der Waals surface area contributed by atoms with Crippen LogP contribution in [0.3, 0.4) is 0 Å². The van der Waals surface area contributed by atoms with Crippen LogP contribution in [-0.2, 0) is 4.79 Å². The van der Waals surface area contributed by atoms with E-state index in [1.807, 2.05) is 18.7 Å². The molecule has 112 valence electrons. The third-order valence-corrected chi connectivity index (χ3v) is 2.74. The summed E-state index contributed by atoms with van der Waals surface area (Å²) in [6.07, 6.45) is 0. The molecular weight excluding hydrogens is 268 g/mol. The van der Waals surface area contributed by atoms with Gasteiger partial charge in [-0.25, -0.2) is 4.79 Å². The number of rotatable bonds is 4. The van der Waals surface area contributed by atoms with Gasteiger partial charge in [-0.05, 0) is 12.8 Å². The summed E-state index contributed by atoms with van der Waals surface area (Å²) in [4.78, 5) is 25.1. The topological polar surface area (TPSA) is 73.5 Å². The number of nitrogens with one attached hydrogen (secondary N) is 3. The molecule has 0 aliphatic carbocycles. The number of amides is 3. The summed E-state index contributed by atoms with van der Waals surface area (Å²) in [6.45, 7) is 9.50. The molecule has 0 aromatic rings. The predicted octanol–water partition coefficient (Wildman–Crippen LogP) is 0.184. The van der Waals surface area contributed by atoms with E-state index < -0.39 is 6.03 Å². The molecular formula is C12H25ClN4O2. The van der Waals surface area contributed by atoms with E-state index in [-0.39, 0.29) is 24.9 Å². The third-order valence-electron chi connectivity index (χ3n) is 2.74. The van der Waals surface area contributed by atoms with Crippen LogP contribution in [0.2, 0.25) is 0 Å². The summed E-state index contributed by atoms with van der Waals surface area (Å²) in [5.74, 6) is 0.130. The van der Waals surface area contributed by atoms with Crippen molar-refractivity contribution in [3.05, 3.63) is 0 Å². The molecule has 1 aliphatic heterocycles. The average molecular weight is 293 g/mol. The van der Waals surface area contributed by atoms with Crippen molar-refractivity contribution in [2.45, 2.75) is 26.8 Å². The highest BCUT2D eigenvalue weighted by Gasteiger charge is 2.18. The normalized spacial score (nSPS) is 19.7. The van der Waals surface area contributed by atoms with Gasteiger partial charge in [0.05, 0.1) is 6.54 Å². The number of halogens is 1. The van der Waals surface area contributed by atoms with E-state index in [4.69, 9.17) is 0 Å². The summed E-state index contributed by atoms with van der Waals surface area (Å²) in [5, 5.41) is 8.31. The second-order valence-corrected chi connectivity index (χ2v) is 5.24. The summed E-state index contributed by atoms with van der Waals surface area (Å²) in [6, 6.07) is -0.0156. The van der Waals surface area contributed by atoms with Gasteiger partial charge in [-0.3, -0.25) is 15.0 Å². The SMILES string of the molecule is CC(C)CNC(=O)NC(=O)CN1CCNC(C)C1.Cl. The Labute approximate surface area is 121 Å². The summed E-state index contributed by atoms with van der Waals surface area (Å²) in [7, 11) is 0. The molecule has 0 spiro atoms. The van der Waals surface area contributed by atoms with Crippen LogP contribution in [0, 0.1) is 5.92 Å². The number of carbonyl (C=O) groups is 2. The predicted molar refractivity (Wildman–Crippen MR) is 77.5 cm³/mol. The van der Waals surface area contributed by atoms with E-state index in [1.54, 1.807) is 0 Å². The third kappa shape index (κ3) is 8.02. The highest BCUT2D eigenvalue weighted by molar-refractivity contribution is 5.95. The molecule has 19 heavy (non-hydrogen) atoms. The minimum absolute atomic E-state index is 0. The molecule has 1 rings (SSSR count). The molecule has 0 aromatic heterocycles. The first kappa shape index (κ1) is 18.1. The maximum atomic E-state index is 11.6. The van der Waals surface area contributed by atoms with Crippen molar-refractivity contribution in [3.8, 4) is 0 Å². The Morgan fingerprint density at radius 2 is 2.11 bits per heavy atom. The fourth-order valence-corrected chi connectivity index (χ4v) is 1.87. The van der Waals surface area contributed by atoms with Crippen molar-refractivity contribution in [1.82, 2.24) is 20.9 Å². The van der Waals surface area contributed by atoms with Gasteiger partial charge < -0.3 is 10.6 Å². The lowest BCUT2D eigenvalue weighted by molar-refractivity contribution is -0.121. The van der Waals surface area contributed by atoms with Crippen LogP contribution < -0.4 is 16.0 Å². The highest BCUT2D eigenvalue weighted by Crippen LogP contribution is 1.97. The lowest BCUT2D eigenvalue weighted by Crippen LogP contribution is -2.53. The van der Waals surface area contributed by atoms with Crippen molar-refractivity contribution in [2.75, 3.05) is 32.7 Å². The van der Waals surface area contributed by atoms with Gasteiger partial charge >= 0.3 is 6.03 Å². The Bertz CT molecular complexity index is 299. The molecule has 7 heteroatoms. The summed E-state index contributed by atoms with van der Waals surface area (Å²) >= 11 is 0. The Balaban J connectivity index is 0.00000324. The fraction of sp³-hybridized carbons (Fsp3) is 0.833. The van der Waals surface area contributed by atoms with Gasteiger partial charge in [-0.1, -0.05) is 13.8 Å². The van der Waals surface area contributed by atoms with Crippen molar-refractivity contribution < 1.29 is 9.59 Å². The number of imide groups is 1. The summed E-state index contributed by atoms with van der Waals surface area (Å²) < 4.78 is 0. The van der Waals surface area contributed by atoms with Crippen molar-refractivity contribution in [2.24, 2.45) is 5.92 Å². The van der Waals surface area contributed by atoms with Crippen LogP contribution in [0.4, 0.5) is 4.79 Å². The van der Waals surface area contributed by atoms with E-state index >= 15 is 0 Å². The van der Waals surface area contributed by atoms with Gasteiger partial charge in [0.25, 0.3) is 0 Å². The van der Waals surface area contributed by atoms with Crippen molar-refractivity contribution in [3.63, 3.8) is 0 Å². The van der Waals surface area contributed by atoms with Crippen molar-refractivity contribution >= 4 is 24.3 Å². The van der Waals surface area contributed by atoms with Crippen LogP contribution in [0.25, 0.3) is 0 Å². The van der Waals surface area contributed by atoms with Crippen LogP contribution in [0.15, 0.2) is 0 Å². The first-order valence-electron chi connectivity index (χ1n) is 6.50. The minimum atomic E-state index is -0.406. The molecule has 1 atom stereocenters. The molecule has 1 unspecified atom stereocenters. The number of nitrogens with zero attached hydrogens (tertiary/aromatic N) is 1. The van der Waals surface area contributed by atoms with Gasteiger partial charge in [0, 0.05) is 32.2 Å². The second kappa shape index (κ2) is 9.12. The Hall–Kier alpha value is -0.850. The second-order valence-electron chi connectivity index (χ2n) is 5.24. The number of hydrogen-bond acceptors (Lipinski definition) is 4. The largest absolute Gasteiger partial charge is 0.338 e. The first-order valence-corrected chi connectivity index (χ1v) is 6.50. The Morgan fingerprint density at radius 3 is 2.68 bits per heavy atom. The van der Waals surface area contributed by atoms with Crippen LogP contribution in [0.5, 0.6) is 0 Å². The summed E-state index contributed by atoms with van der Waals surface area (Å²) in [5.41, 5.74) is 0. The number of urea groups is 1. The number of piperazine rings is 1. The molecule has 1 fully saturated rings.